The van der Waals surface area contributed by atoms with Crippen LogP contribution in [0.5, 0.6) is 0 Å². The van der Waals surface area contributed by atoms with Crippen LogP contribution in [0, 0.1) is 17.7 Å². The van der Waals surface area contributed by atoms with Crippen LogP contribution in [0.15, 0.2) is 18.2 Å². The van der Waals surface area contributed by atoms with Crippen molar-refractivity contribution in [3.8, 4) is 0 Å². The molecule has 1 fully saturated rings. The van der Waals surface area contributed by atoms with Gasteiger partial charge in [0.25, 0.3) is 0 Å². The first-order valence-corrected chi connectivity index (χ1v) is 6.90. The van der Waals surface area contributed by atoms with Crippen LogP contribution in [0.1, 0.15) is 38.2 Å². The van der Waals surface area contributed by atoms with Gasteiger partial charge in [0.05, 0.1) is 0 Å². The van der Waals surface area contributed by atoms with Crippen molar-refractivity contribution in [3.05, 3.63) is 34.6 Å². The molecule has 1 nitrogen and oxygen atoms in total. The number of ketones is 1. The Bertz CT molecular complexity index is 436. The van der Waals surface area contributed by atoms with Gasteiger partial charge in [-0.25, -0.2) is 4.39 Å². The monoisotopic (exact) mass is 268 g/mol. The Morgan fingerprint density at radius 3 is 2.67 bits per heavy atom. The van der Waals surface area contributed by atoms with Crippen molar-refractivity contribution in [2.45, 2.75) is 39.0 Å². The molecule has 0 N–H and O–H groups in total. The van der Waals surface area contributed by atoms with Crippen LogP contribution < -0.4 is 0 Å². The van der Waals surface area contributed by atoms with Gasteiger partial charge < -0.3 is 0 Å². The van der Waals surface area contributed by atoms with Gasteiger partial charge >= 0.3 is 0 Å². The number of carbonyl (C=O) groups excluding carboxylic acids is 1. The van der Waals surface area contributed by atoms with E-state index in [1.165, 1.54) is 18.2 Å². The van der Waals surface area contributed by atoms with E-state index >= 15 is 0 Å². The van der Waals surface area contributed by atoms with Crippen LogP contribution in [0.4, 0.5) is 4.39 Å². The summed E-state index contributed by atoms with van der Waals surface area (Å²) in [6.45, 7) is 2.23. The molecule has 0 radical (unpaired) electrons. The molecule has 0 unspecified atom stereocenters. The minimum absolute atomic E-state index is 0.139. The summed E-state index contributed by atoms with van der Waals surface area (Å²) in [7, 11) is 0. The van der Waals surface area contributed by atoms with Gasteiger partial charge in [0.1, 0.15) is 11.6 Å². The molecular weight excluding hydrogens is 251 g/mol. The maximum absolute atomic E-state index is 13.1. The van der Waals surface area contributed by atoms with Crippen molar-refractivity contribution in [2.75, 3.05) is 0 Å². The molecule has 0 saturated heterocycles. The minimum atomic E-state index is -0.334. The normalized spacial score (nSPS) is 23.9. The average molecular weight is 269 g/mol. The summed E-state index contributed by atoms with van der Waals surface area (Å²) in [4.78, 5) is 12.2. The molecule has 18 heavy (non-hydrogen) atoms. The standard InChI is InChI=1S/C15H18ClFO/c1-10-2-4-11(5-3-10)15(18)9-12-8-13(17)6-7-14(12)16/h6-8,10-11H,2-5,9H2,1H3. The van der Waals surface area contributed by atoms with Crippen molar-refractivity contribution < 1.29 is 9.18 Å². The van der Waals surface area contributed by atoms with Crippen LogP contribution in [0.3, 0.4) is 0 Å². The highest BCUT2D eigenvalue weighted by molar-refractivity contribution is 6.31. The summed E-state index contributed by atoms with van der Waals surface area (Å²) < 4.78 is 13.1. The molecule has 0 aliphatic heterocycles. The number of hydrogen-bond donors (Lipinski definition) is 0. The van der Waals surface area contributed by atoms with E-state index < -0.39 is 0 Å². The van der Waals surface area contributed by atoms with Gasteiger partial charge in [-0.05, 0) is 42.5 Å². The first kappa shape index (κ1) is 13.5. The molecular formula is C15H18ClFO. The molecule has 3 heteroatoms. The highest BCUT2D eigenvalue weighted by Crippen LogP contribution is 2.30. The van der Waals surface area contributed by atoms with E-state index in [0.29, 0.717) is 10.6 Å². The van der Waals surface area contributed by atoms with E-state index in [9.17, 15) is 9.18 Å². The van der Waals surface area contributed by atoms with Crippen LogP contribution in [-0.4, -0.2) is 5.78 Å². The first-order valence-electron chi connectivity index (χ1n) is 6.53. The van der Waals surface area contributed by atoms with Gasteiger partial charge in [0.15, 0.2) is 0 Å². The molecule has 1 saturated carbocycles. The topological polar surface area (TPSA) is 17.1 Å². The Kier molecular flexibility index (Phi) is 4.39. The quantitative estimate of drug-likeness (QED) is 0.793. The molecule has 1 aliphatic carbocycles. The summed E-state index contributed by atoms with van der Waals surface area (Å²) in [6, 6.07) is 4.20. The van der Waals surface area contributed by atoms with Gasteiger partial charge in [-0.15, -0.1) is 0 Å². The SMILES string of the molecule is CC1CCC(C(=O)Cc2cc(F)ccc2Cl)CC1. The number of benzene rings is 1. The van der Waals surface area contributed by atoms with Gasteiger partial charge in [0, 0.05) is 17.4 Å². The highest BCUT2D eigenvalue weighted by Gasteiger charge is 2.24. The van der Waals surface area contributed by atoms with Crippen molar-refractivity contribution in [1.29, 1.82) is 0 Å². The predicted octanol–water partition coefficient (Wildman–Crippen LogP) is 4.42. The van der Waals surface area contributed by atoms with E-state index in [0.717, 1.165) is 31.6 Å². The van der Waals surface area contributed by atoms with Crippen LogP contribution in [0.2, 0.25) is 5.02 Å². The number of Topliss-reactive ketones (excluding diaryl/α,β-unsaturated/α-hetero) is 1. The number of carbonyl (C=O) groups is 1. The lowest BCUT2D eigenvalue weighted by Crippen LogP contribution is -2.22. The zero-order chi connectivity index (χ0) is 13.1. The lowest BCUT2D eigenvalue weighted by atomic mass is 9.79. The van der Waals surface area contributed by atoms with Crippen LogP contribution in [-0.2, 0) is 11.2 Å². The molecule has 2 rings (SSSR count). The predicted molar refractivity (Wildman–Crippen MR) is 71.2 cm³/mol. The molecule has 0 atom stereocenters. The zero-order valence-corrected chi connectivity index (χ0v) is 11.3. The molecule has 0 bridgehead atoms. The molecule has 1 aromatic carbocycles. The Morgan fingerprint density at radius 1 is 1.33 bits per heavy atom. The lowest BCUT2D eigenvalue weighted by Gasteiger charge is -2.25. The van der Waals surface area contributed by atoms with Crippen LogP contribution >= 0.6 is 11.6 Å². The molecule has 98 valence electrons. The molecule has 0 heterocycles. The third kappa shape index (κ3) is 3.32. The van der Waals surface area contributed by atoms with E-state index in [1.54, 1.807) is 0 Å². The number of hydrogen-bond acceptors (Lipinski definition) is 1. The zero-order valence-electron chi connectivity index (χ0n) is 10.6. The van der Waals surface area contributed by atoms with E-state index in [1.807, 2.05) is 0 Å². The van der Waals surface area contributed by atoms with Crippen molar-refractivity contribution in [3.63, 3.8) is 0 Å². The number of rotatable bonds is 3. The second kappa shape index (κ2) is 5.83. The van der Waals surface area contributed by atoms with E-state index in [-0.39, 0.29) is 23.9 Å². The number of halogens is 2. The lowest BCUT2D eigenvalue weighted by molar-refractivity contribution is -0.123. The fraction of sp³-hybridized carbons (Fsp3) is 0.533. The van der Waals surface area contributed by atoms with Gasteiger partial charge in [-0.3, -0.25) is 4.79 Å². The van der Waals surface area contributed by atoms with Crippen molar-refractivity contribution >= 4 is 17.4 Å². The largest absolute Gasteiger partial charge is 0.299 e. The Balaban J connectivity index is 2.00. The summed E-state index contributed by atoms with van der Waals surface area (Å²) >= 11 is 5.98. The summed E-state index contributed by atoms with van der Waals surface area (Å²) in [5, 5.41) is 0.480. The van der Waals surface area contributed by atoms with Gasteiger partial charge in [-0.1, -0.05) is 31.4 Å². The Labute approximate surface area is 112 Å². The second-order valence-electron chi connectivity index (χ2n) is 5.34. The van der Waals surface area contributed by atoms with Crippen molar-refractivity contribution in [1.82, 2.24) is 0 Å². The second-order valence-corrected chi connectivity index (χ2v) is 5.74. The summed E-state index contributed by atoms with van der Waals surface area (Å²) in [6.07, 6.45) is 4.43. The summed E-state index contributed by atoms with van der Waals surface area (Å²) in [5.41, 5.74) is 0.611. The first-order chi connectivity index (χ1) is 8.56. The Morgan fingerprint density at radius 2 is 2.00 bits per heavy atom. The molecule has 0 spiro atoms. The fourth-order valence-corrected chi connectivity index (χ4v) is 2.78. The van der Waals surface area contributed by atoms with Crippen LogP contribution in [0.25, 0.3) is 0 Å². The van der Waals surface area contributed by atoms with Gasteiger partial charge in [0.2, 0.25) is 0 Å². The molecule has 1 aromatic rings. The average Bonchev–Trinajstić information content (AvgIpc) is 2.34. The maximum atomic E-state index is 13.1. The molecule has 0 amide bonds. The fourth-order valence-electron chi connectivity index (χ4n) is 2.59. The van der Waals surface area contributed by atoms with E-state index in [4.69, 9.17) is 11.6 Å². The van der Waals surface area contributed by atoms with E-state index in [2.05, 4.69) is 6.92 Å². The third-order valence-corrected chi connectivity index (χ3v) is 4.21. The maximum Gasteiger partial charge on any atom is 0.140 e. The highest BCUT2D eigenvalue weighted by atomic mass is 35.5. The smallest absolute Gasteiger partial charge is 0.140 e. The third-order valence-electron chi connectivity index (χ3n) is 3.84. The summed E-state index contributed by atoms with van der Waals surface area (Å²) in [5.74, 6) is 0.737. The molecule has 0 aromatic heterocycles. The minimum Gasteiger partial charge on any atom is -0.299 e. The van der Waals surface area contributed by atoms with Crippen molar-refractivity contribution in [2.24, 2.45) is 11.8 Å². The van der Waals surface area contributed by atoms with Gasteiger partial charge in [-0.2, -0.15) is 0 Å². The molecule has 1 aliphatic rings. The Hall–Kier alpha value is -0.890.